The maximum Gasteiger partial charge on any atom is 0.181 e. The number of aromatic nitrogens is 2. The zero-order valence-electron chi connectivity index (χ0n) is 9.72. The van der Waals surface area contributed by atoms with Crippen molar-refractivity contribution in [1.82, 2.24) is 9.97 Å². The van der Waals surface area contributed by atoms with Crippen molar-refractivity contribution in [2.24, 2.45) is 0 Å². The lowest BCUT2D eigenvalue weighted by Gasteiger charge is -2.05. The molecule has 90 valence electrons. The predicted octanol–water partition coefficient (Wildman–Crippen LogP) is 2.09. The van der Waals surface area contributed by atoms with E-state index in [9.17, 15) is 4.39 Å². The van der Waals surface area contributed by atoms with Gasteiger partial charge in [-0.3, -0.25) is 0 Å². The molecule has 0 unspecified atom stereocenters. The van der Waals surface area contributed by atoms with Crippen molar-refractivity contribution >= 4 is 0 Å². The summed E-state index contributed by atoms with van der Waals surface area (Å²) < 4.78 is 18.9. The topological polar surface area (TPSA) is 58.8 Å². The third-order valence-electron chi connectivity index (χ3n) is 2.47. The van der Waals surface area contributed by atoms with Crippen LogP contribution in [0, 0.1) is 17.1 Å². The maximum atomic E-state index is 13.8. The lowest BCUT2D eigenvalue weighted by atomic mass is 10.1. The average Bonchev–Trinajstić information content (AvgIpc) is 2.41. The maximum absolute atomic E-state index is 13.8. The minimum absolute atomic E-state index is 0.204. The van der Waals surface area contributed by atoms with Crippen molar-refractivity contribution in [3.8, 4) is 11.8 Å². The van der Waals surface area contributed by atoms with Crippen LogP contribution >= 0.6 is 0 Å². The quantitative estimate of drug-likeness (QED) is 0.828. The largest absolute Gasteiger partial charge is 0.497 e. The number of benzene rings is 1. The fraction of sp³-hybridized carbons (Fsp3) is 0.154. The van der Waals surface area contributed by atoms with E-state index in [0.717, 1.165) is 5.56 Å². The Balaban J connectivity index is 2.31. The molecule has 0 spiro atoms. The van der Waals surface area contributed by atoms with Crippen LogP contribution < -0.4 is 4.74 Å². The molecule has 0 bridgehead atoms. The van der Waals surface area contributed by atoms with Crippen LogP contribution in [0.3, 0.4) is 0 Å². The molecule has 0 aliphatic rings. The van der Waals surface area contributed by atoms with Crippen molar-refractivity contribution in [1.29, 1.82) is 5.26 Å². The van der Waals surface area contributed by atoms with Crippen LogP contribution in [-0.2, 0) is 6.42 Å². The first-order valence-electron chi connectivity index (χ1n) is 5.27. The van der Waals surface area contributed by atoms with Crippen LogP contribution in [-0.4, -0.2) is 17.1 Å². The normalized spacial score (nSPS) is 9.83. The van der Waals surface area contributed by atoms with Gasteiger partial charge in [-0.1, -0.05) is 12.1 Å². The van der Waals surface area contributed by atoms with Crippen molar-refractivity contribution in [2.75, 3.05) is 7.11 Å². The Kier molecular flexibility index (Phi) is 3.49. The van der Waals surface area contributed by atoms with Crippen molar-refractivity contribution in [2.45, 2.75) is 6.42 Å². The van der Waals surface area contributed by atoms with E-state index in [1.54, 1.807) is 25.3 Å². The van der Waals surface area contributed by atoms with Crippen LogP contribution in [0.25, 0.3) is 0 Å². The number of methoxy groups -OCH3 is 1. The summed E-state index contributed by atoms with van der Waals surface area (Å²) in [4.78, 5) is 7.42. The van der Waals surface area contributed by atoms with E-state index in [2.05, 4.69) is 9.97 Å². The van der Waals surface area contributed by atoms with Crippen molar-refractivity contribution in [3.63, 3.8) is 0 Å². The minimum atomic E-state index is -0.664. The molecule has 18 heavy (non-hydrogen) atoms. The second-order valence-corrected chi connectivity index (χ2v) is 3.62. The molecule has 0 amide bonds. The summed E-state index contributed by atoms with van der Waals surface area (Å²) in [6.45, 7) is 0. The average molecular weight is 243 g/mol. The zero-order valence-corrected chi connectivity index (χ0v) is 9.72. The molecule has 1 heterocycles. The van der Waals surface area contributed by atoms with Crippen LogP contribution in [0.2, 0.25) is 0 Å². The number of nitriles is 1. The lowest BCUT2D eigenvalue weighted by molar-refractivity contribution is 0.414. The van der Waals surface area contributed by atoms with Crippen LogP contribution in [0.4, 0.5) is 4.39 Å². The van der Waals surface area contributed by atoms with Crippen LogP contribution in [0.5, 0.6) is 5.75 Å². The molecule has 4 nitrogen and oxygen atoms in total. The minimum Gasteiger partial charge on any atom is -0.497 e. The van der Waals surface area contributed by atoms with Gasteiger partial charge < -0.3 is 4.74 Å². The van der Waals surface area contributed by atoms with Gasteiger partial charge in [-0.25, -0.2) is 14.4 Å². The predicted molar refractivity (Wildman–Crippen MR) is 62.5 cm³/mol. The molecule has 0 radical (unpaired) electrons. The number of ether oxygens (including phenoxy) is 1. The highest BCUT2D eigenvalue weighted by atomic mass is 19.1. The summed E-state index contributed by atoms with van der Waals surface area (Å²) in [5.41, 5.74) is 0.827. The molecular weight excluding hydrogens is 233 g/mol. The molecule has 0 aliphatic heterocycles. The fourth-order valence-corrected chi connectivity index (χ4v) is 1.58. The number of hydrogen-bond acceptors (Lipinski definition) is 4. The first kappa shape index (κ1) is 12.0. The van der Waals surface area contributed by atoms with Gasteiger partial charge in [0.25, 0.3) is 0 Å². The second kappa shape index (κ2) is 5.23. The molecule has 1 aromatic carbocycles. The first-order chi connectivity index (χ1) is 8.74. The molecule has 2 rings (SSSR count). The first-order valence-corrected chi connectivity index (χ1v) is 5.27. The van der Waals surface area contributed by atoms with E-state index in [0.29, 0.717) is 12.2 Å². The van der Waals surface area contributed by atoms with Gasteiger partial charge in [0.05, 0.1) is 12.8 Å². The highest BCUT2D eigenvalue weighted by Crippen LogP contribution is 2.17. The molecule has 0 aliphatic carbocycles. The van der Waals surface area contributed by atoms with Gasteiger partial charge in [0.2, 0.25) is 0 Å². The number of nitrogens with zero attached hydrogens (tertiary/aromatic N) is 3. The third-order valence-corrected chi connectivity index (χ3v) is 2.47. The molecule has 1 aromatic heterocycles. The number of rotatable bonds is 3. The Hall–Kier alpha value is -2.48. The van der Waals surface area contributed by atoms with Gasteiger partial charge in [-0.05, 0) is 17.7 Å². The molecular formula is C13H10FN3O. The Morgan fingerprint density at radius 1 is 1.39 bits per heavy atom. The van der Waals surface area contributed by atoms with Gasteiger partial charge in [-0.15, -0.1) is 0 Å². The number of halogens is 1. The van der Waals surface area contributed by atoms with E-state index >= 15 is 0 Å². The molecule has 0 fully saturated rings. The second-order valence-electron chi connectivity index (χ2n) is 3.62. The Labute approximate surface area is 104 Å². The molecule has 0 saturated carbocycles. The Morgan fingerprint density at radius 2 is 2.22 bits per heavy atom. The molecule has 2 aromatic rings. The molecule has 0 saturated heterocycles. The standard InChI is InChI=1S/C13H10FN3O/c1-18-10-4-2-3-9(5-10)6-11-13(14)12(7-15)17-8-16-11/h2-5,8H,6H2,1H3. The highest BCUT2D eigenvalue weighted by Gasteiger charge is 2.11. The van der Waals surface area contributed by atoms with E-state index in [4.69, 9.17) is 10.00 Å². The van der Waals surface area contributed by atoms with E-state index in [-0.39, 0.29) is 11.4 Å². The van der Waals surface area contributed by atoms with E-state index in [1.807, 2.05) is 12.1 Å². The summed E-state index contributed by atoms with van der Waals surface area (Å²) in [7, 11) is 1.57. The van der Waals surface area contributed by atoms with Crippen LogP contribution in [0.15, 0.2) is 30.6 Å². The summed E-state index contributed by atoms with van der Waals surface area (Å²) in [6.07, 6.45) is 1.48. The van der Waals surface area contributed by atoms with Gasteiger partial charge in [0.15, 0.2) is 11.5 Å². The fourth-order valence-electron chi connectivity index (χ4n) is 1.58. The summed E-state index contributed by atoms with van der Waals surface area (Å²) in [5.74, 6) is 0.0327. The van der Waals surface area contributed by atoms with Crippen LogP contribution in [0.1, 0.15) is 17.0 Å². The summed E-state index contributed by atoms with van der Waals surface area (Å²) in [5, 5.41) is 8.69. The molecule has 5 heteroatoms. The molecule has 0 atom stereocenters. The zero-order chi connectivity index (χ0) is 13.0. The van der Waals surface area contributed by atoms with Gasteiger partial charge in [-0.2, -0.15) is 5.26 Å². The van der Waals surface area contributed by atoms with Crippen molar-refractivity contribution in [3.05, 3.63) is 53.4 Å². The summed E-state index contributed by atoms with van der Waals surface area (Å²) in [6, 6.07) is 8.96. The smallest absolute Gasteiger partial charge is 0.181 e. The summed E-state index contributed by atoms with van der Waals surface area (Å²) >= 11 is 0. The Morgan fingerprint density at radius 3 is 2.94 bits per heavy atom. The highest BCUT2D eigenvalue weighted by molar-refractivity contribution is 5.33. The lowest BCUT2D eigenvalue weighted by Crippen LogP contribution is -2.01. The van der Waals surface area contributed by atoms with Gasteiger partial charge >= 0.3 is 0 Å². The monoisotopic (exact) mass is 243 g/mol. The SMILES string of the molecule is COc1cccc(Cc2ncnc(C#N)c2F)c1. The third kappa shape index (κ3) is 2.43. The molecule has 0 N–H and O–H groups in total. The van der Waals surface area contributed by atoms with E-state index in [1.165, 1.54) is 6.33 Å². The van der Waals surface area contributed by atoms with E-state index < -0.39 is 5.82 Å². The van der Waals surface area contributed by atoms with Gasteiger partial charge in [0.1, 0.15) is 18.1 Å². The van der Waals surface area contributed by atoms with Crippen molar-refractivity contribution < 1.29 is 9.13 Å². The van der Waals surface area contributed by atoms with Gasteiger partial charge in [0, 0.05) is 6.42 Å². The Bertz CT molecular complexity index is 607. The number of hydrogen-bond donors (Lipinski definition) is 0.